The molecule has 3 aliphatic rings. The maximum absolute atomic E-state index is 12.8. The Labute approximate surface area is 773 Å². The summed E-state index contributed by atoms with van der Waals surface area (Å²) in [6.45, 7) is 42.9. The molecule has 0 unspecified atom stereocenters. The van der Waals surface area contributed by atoms with Crippen molar-refractivity contribution in [3.63, 3.8) is 0 Å². The third-order valence-electron chi connectivity index (χ3n) is 20.8. The molecule has 0 aliphatic carbocycles. The van der Waals surface area contributed by atoms with Gasteiger partial charge in [-0.05, 0) is 165 Å². The third-order valence-corrected chi connectivity index (χ3v) is 25.4. The van der Waals surface area contributed by atoms with Crippen LogP contribution in [-0.2, 0) is 84.2 Å². The van der Waals surface area contributed by atoms with Crippen molar-refractivity contribution in [1.82, 2.24) is 89.3 Å². The molecule has 678 valence electrons. The molecule has 12 aromatic rings. The quantitative estimate of drug-likeness (QED) is 0.0285. The smallest absolute Gasteiger partial charge is 0.410 e. The molecule has 0 saturated heterocycles. The summed E-state index contributed by atoms with van der Waals surface area (Å²) >= 11 is 14.0. The van der Waals surface area contributed by atoms with Gasteiger partial charge in [-0.3, -0.25) is 28.4 Å². The van der Waals surface area contributed by atoms with E-state index in [-0.39, 0.29) is 45.8 Å². The second-order valence-electron chi connectivity index (χ2n) is 36.9. The second-order valence-corrected chi connectivity index (χ2v) is 40.4. The zero-order valence-electron chi connectivity index (χ0n) is 76.9. The molecule has 5 N–H and O–H groups in total. The van der Waals surface area contributed by atoms with Crippen LogP contribution in [0.2, 0.25) is 5.15 Å². The van der Waals surface area contributed by atoms with Gasteiger partial charge in [-0.15, -0.1) is 34.0 Å². The number of nitrogens with one attached hydrogen (secondary N) is 3. The molecule has 128 heavy (non-hydrogen) atoms. The highest BCUT2D eigenvalue weighted by molar-refractivity contribution is 7.79. The number of ketones is 3. The van der Waals surface area contributed by atoms with Crippen LogP contribution >= 0.6 is 58.2 Å². The Morgan fingerprint density at radius 1 is 0.438 bits per heavy atom. The molecule has 9 aromatic heterocycles. The summed E-state index contributed by atoms with van der Waals surface area (Å²) in [5.41, 5.74) is 19.8. The van der Waals surface area contributed by atoms with E-state index in [1.807, 2.05) is 87.3 Å². The van der Waals surface area contributed by atoms with Crippen LogP contribution in [0.5, 0.6) is 0 Å². The molecule has 0 fully saturated rings. The number of thiazole rings is 3. The van der Waals surface area contributed by atoms with E-state index in [1.54, 1.807) is 47.0 Å². The van der Waals surface area contributed by atoms with Crippen LogP contribution in [0.3, 0.4) is 0 Å². The summed E-state index contributed by atoms with van der Waals surface area (Å²) in [5.74, 6) is 3.69. The fourth-order valence-electron chi connectivity index (χ4n) is 14.1. The molecule has 33 heteroatoms. The van der Waals surface area contributed by atoms with E-state index in [4.69, 9.17) is 31.9 Å². The van der Waals surface area contributed by atoms with Crippen LogP contribution in [0, 0.1) is 20.8 Å². The Bertz CT molecular complexity index is 5830. The molecule has 12 heterocycles. The number of aromatic nitrogens is 15. The maximum atomic E-state index is 12.8. The molecule has 0 radical (unpaired) electrons. The Morgan fingerprint density at radius 2 is 0.797 bits per heavy atom. The molecule has 2 amide bonds. The Balaban J connectivity index is 0.000000171. The van der Waals surface area contributed by atoms with Crippen molar-refractivity contribution in [2.24, 2.45) is 0 Å². The van der Waals surface area contributed by atoms with Crippen molar-refractivity contribution < 1.29 is 33.4 Å². The largest absolute Gasteiger partial charge is 0.444 e. The van der Waals surface area contributed by atoms with Crippen molar-refractivity contribution in [2.45, 2.75) is 249 Å². The Morgan fingerprint density at radius 3 is 1.17 bits per heavy atom. The first kappa shape index (κ1) is 97.6. The minimum Gasteiger partial charge on any atom is -0.444 e. The predicted molar refractivity (Wildman–Crippen MR) is 513 cm³/mol. The van der Waals surface area contributed by atoms with Crippen LogP contribution in [0.1, 0.15) is 237 Å². The van der Waals surface area contributed by atoms with Crippen LogP contribution in [0.15, 0.2) is 129 Å². The number of carbonyl (C=O) groups is 5. The normalized spacial score (nSPS) is 13.4. The molecule has 0 atom stereocenters. The summed E-state index contributed by atoms with van der Waals surface area (Å²) in [5, 5.41) is 27.0. The fourth-order valence-corrected chi connectivity index (χ4v) is 17.1. The van der Waals surface area contributed by atoms with Crippen LogP contribution < -0.4 is 21.7 Å². The lowest BCUT2D eigenvalue weighted by Gasteiger charge is -2.26. The lowest BCUT2D eigenvalue weighted by Crippen LogP contribution is -2.36. The molecule has 0 saturated carbocycles. The summed E-state index contributed by atoms with van der Waals surface area (Å²) in [4.78, 5) is 108. The maximum Gasteiger partial charge on any atom is 0.410 e. The lowest BCUT2D eigenvalue weighted by molar-refractivity contribution is 0.0226. The van der Waals surface area contributed by atoms with Gasteiger partial charge in [0.25, 0.3) is 0 Å². The molecule has 0 bridgehead atoms. The molecular formula is C95H120ClN21O7S4. The van der Waals surface area contributed by atoms with Gasteiger partial charge in [-0.2, -0.15) is 27.9 Å². The van der Waals surface area contributed by atoms with E-state index in [0.29, 0.717) is 99.7 Å². The highest BCUT2D eigenvalue weighted by Gasteiger charge is 2.30. The van der Waals surface area contributed by atoms with Gasteiger partial charge in [0.2, 0.25) is 0 Å². The molecular weight excluding hydrogens is 1710 g/mol. The standard InChI is InChI=1S/C33H41N7O3S.C28H33N7OS.C21H22ClN3OS.C12H20N4O2.CH4S/c1-21-15-23(10-9-22(21)11-12-26(41)27-18-34-30(44-27)32(2,3)4)25-17-28(36-20-35-25)37-29-16-24-19-39(13-8-14-40(24)38-29)31(42)43-33(5,6)7;1-18-12-20(7-6-19(18)8-9-23(36)24-16-30-27(37-24)28(2,3)4)22-14-25(32-17-31-22)33-26-13-21-15-29-10-5-11-35(21)34-26;1-13-9-15(16-10-19(22)25-12-24-16)6-5-14(13)7-8-17(26)18-11-23-20(27-18)21(2,3)4;1-12(2,3)18-11(17)15-5-4-6-16-9(8-15)7-10(13)14-16;1-2/h9-10,15-18,20H,8,11-14,19H2,1-7H3,(H,35,36,37,38);6-7,12-14,16-17,29H,5,8-11,15H2,1-4H3,(H,31,32,33,34);5-6,9-12H,7-8H2,1-4H3;7H,4-6,8H2,1-3H3,(H2,13,14);2H,1H3. The molecule has 28 nitrogen and oxygen atoms in total. The minimum atomic E-state index is -0.544. The topological polar surface area (TPSA) is 342 Å². The number of fused-ring (bicyclic) bond motifs is 3. The van der Waals surface area contributed by atoms with Crippen LogP contribution in [0.25, 0.3) is 33.8 Å². The number of Topliss-reactive ketones (excluding diaryl/α,β-unsaturated/α-hetero) is 3. The Kier molecular flexibility index (Phi) is 32.7. The summed E-state index contributed by atoms with van der Waals surface area (Å²) in [6.07, 6.45) is 17.0. The fraction of sp³-hybridized carbons (Fsp3) is 0.442. The summed E-state index contributed by atoms with van der Waals surface area (Å²) < 4.78 is 16.8. The number of anilines is 5. The average Bonchev–Trinajstić information content (AvgIpc) is 1.38. The highest BCUT2D eigenvalue weighted by atomic mass is 35.5. The van der Waals surface area contributed by atoms with E-state index in [9.17, 15) is 24.0 Å². The zero-order chi connectivity index (χ0) is 92.6. The van der Waals surface area contributed by atoms with Gasteiger partial charge in [0.15, 0.2) is 29.0 Å². The first-order valence-electron chi connectivity index (χ1n) is 43.1. The predicted octanol–water partition coefficient (Wildman–Crippen LogP) is 20.4. The van der Waals surface area contributed by atoms with E-state index in [2.05, 4.69) is 220 Å². The molecule has 3 aliphatic heterocycles. The number of hydrogen-bond donors (Lipinski definition) is 5. The van der Waals surface area contributed by atoms with Crippen molar-refractivity contribution >= 4 is 117 Å². The van der Waals surface area contributed by atoms with Gasteiger partial charge in [0.1, 0.15) is 52.8 Å². The number of hydrogen-bond acceptors (Lipinski definition) is 27. The summed E-state index contributed by atoms with van der Waals surface area (Å²) in [6, 6.07) is 30.0. The SMILES string of the molecule is CC(C)(C)OC(=O)N1CCCn2nc(N)cc2C1.CS.Cc1cc(-c2cc(Cl)ncn2)ccc1CCC(=O)c1cnc(C(C)(C)C)s1.Cc1cc(-c2cc(Nc3cc4n(n3)CCCN(C(=O)OC(C)(C)C)C4)ncn2)ccc1CCC(=O)c1cnc(C(C)(C)C)s1.Cc1cc(-c2cc(Nc3cc4n(n3)CCCNC4)ncn2)ccc1CCC(=O)c1cnc(C(C)(C)C)s1. The van der Waals surface area contributed by atoms with E-state index < -0.39 is 11.2 Å². The number of benzene rings is 3. The number of rotatable bonds is 19. The molecule has 15 rings (SSSR count). The van der Waals surface area contributed by atoms with Gasteiger partial charge in [-0.25, -0.2) is 54.4 Å². The zero-order valence-corrected chi connectivity index (χ0v) is 81.0. The molecule has 0 spiro atoms. The minimum absolute atomic E-state index is 0.0283. The van der Waals surface area contributed by atoms with Gasteiger partial charge < -0.3 is 41.0 Å². The van der Waals surface area contributed by atoms with Crippen molar-refractivity contribution in [1.29, 1.82) is 0 Å². The van der Waals surface area contributed by atoms with Crippen LogP contribution in [0.4, 0.5) is 38.7 Å². The Hall–Kier alpha value is -11.0. The number of amides is 2. The van der Waals surface area contributed by atoms with E-state index in [0.717, 1.165) is 159 Å². The van der Waals surface area contributed by atoms with E-state index in [1.165, 1.54) is 52.4 Å². The third kappa shape index (κ3) is 27.8. The highest BCUT2D eigenvalue weighted by Crippen LogP contribution is 2.35. The van der Waals surface area contributed by atoms with Crippen molar-refractivity contribution in [2.75, 3.05) is 42.3 Å². The van der Waals surface area contributed by atoms with E-state index >= 15 is 0 Å². The number of carbonyl (C=O) groups excluding carboxylic acids is 5. The first-order valence-corrected chi connectivity index (χ1v) is 46.8. The molecule has 3 aromatic carbocycles. The monoisotopic (exact) mass is 1830 g/mol. The van der Waals surface area contributed by atoms with Gasteiger partial charge >= 0.3 is 12.2 Å². The van der Waals surface area contributed by atoms with Gasteiger partial charge in [-0.1, -0.05) is 110 Å². The number of ether oxygens (including phenoxy) is 2. The number of nitrogens with two attached hydrogens (primary N) is 1. The van der Waals surface area contributed by atoms with Gasteiger partial charge in [0.05, 0.1) is 76.9 Å². The second kappa shape index (κ2) is 42.9. The number of aryl methyl sites for hydroxylation is 9. The number of halogens is 1. The van der Waals surface area contributed by atoms with Crippen LogP contribution in [-0.4, -0.2) is 151 Å². The lowest BCUT2D eigenvalue weighted by atomic mass is 9.98. The number of nitrogen functional groups attached to an aromatic ring is 1. The van der Waals surface area contributed by atoms with Gasteiger partial charge in [0, 0.05) is 146 Å². The number of nitrogens with zero attached hydrogens (tertiary/aromatic N) is 17. The van der Waals surface area contributed by atoms with Crippen molar-refractivity contribution in [3.8, 4) is 33.8 Å². The first-order chi connectivity index (χ1) is 60.6. The van der Waals surface area contributed by atoms with Crippen molar-refractivity contribution in [3.05, 3.63) is 214 Å². The number of thiol groups is 1. The summed E-state index contributed by atoms with van der Waals surface area (Å²) in [7, 11) is 0. The average molecular weight is 1830 g/mol.